The summed E-state index contributed by atoms with van der Waals surface area (Å²) in [5, 5.41) is 5.50. The molecule has 0 amide bonds. The number of likely N-dealkylation sites (tertiary alicyclic amines) is 1. The topological polar surface area (TPSA) is 67.2 Å². The summed E-state index contributed by atoms with van der Waals surface area (Å²) in [6, 6.07) is 1.79. The van der Waals surface area contributed by atoms with E-state index in [9.17, 15) is 4.79 Å². The highest BCUT2D eigenvalue weighted by atomic mass is 32.1. The molecule has 0 bridgehead atoms. The van der Waals surface area contributed by atoms with Crippen molar-refractivity contribution in [2.45, 2.75) is 32.4 Å². The molecule has 3 heterocycles. The second-order valence-corrected chi connectivity index (χ2v) is 7.67. The third kappa shape index (κ3) is 3.08. The third-order valence-corrected chi connectivity index (χ3v) is 5.61. The first-order chi connectivity index (χ1) is 11.6. The molecule has 0 radical (unpaired) electrons. The number of hydrogen-bond donors (Lipinski definition) is 0. The fourth-order valence-corrected chi connectivity index (χ4v) is 4.02. The van der Waals surface area contributed by atoms with Crippen LogP contribution < -0.4 is 10.5 Å². The summed E-state index contributed by atoms with van der Waals surface area (Å²) in [7, 11) is 3.95. The van der Waals surface area contributed by atoms with E-state index in [1.165, 1.54) is 11.5 Å². The fourth-order valence-electron chi connectivity index (χ4n) is 3.43. The number of nitrogens with zero attached hydrogens (tertiary/aromatic N) is 6. The zero-order valence-corrected chi connectivity index (χ0v) is 14.9. The second kappa shape index (κ2) is 6.25. The van der Waals surface area contributed by atoms with E-state index in [0.717, 1.165) is 67.7 Å². The van der Waals surface area contributed by atoms with Crippen molar-refractivity contribution in [3.63, 3.8) is 0 Å². The SMILES string of the molecule is CN(C)c1nc(CN2CC(Cn3nc4c(cc3=O)CCC4)C2)ns1. The van der Waals surface area contributed by atoms with Gasteiger partial charge in [-0.2, -0.15) is 9.47 Å². The lowest BCUT2D eigenvalue weighted by Crippen LogP contribution is -2.49. The van der Waals surface area contributed by atoms with E-state index in [0.29, 0.717) is 5.92 Å². The van der Waals surface area contributed by atoms with Crippen molar-refractivity contribution in [2.75, 3.05) is 32.1 Å². The molecule has 8 heteroatoms. The standard InChI is InChI=1S/C16H22N6OS/c1-20(2)16-17-14(19-24-16)10-21-7-11(8-21)9-22-15(23)6-12-4-3-5-13(12)18-22/h6,11H,3-5,7-10H2,1-2H3. The number of aromatic nitrogens is 4. The van der Waals surface area contributed by atoms with Gasteiger partial charge >= 0.3 is 0 Å². The summed E-state index contributed by atoms with van der Waals surface area (Å²) in [5.41, 5.74) is 2.32. The zero-order valence-electron chi connectivity index (χ0n) is 14.1. The van der Waals surface area contributed by atoms with E-state index >= 15 is 0 Å². The molecule has 1 fully saturated rings. The minimum absolute atomic E-state index is 0.0471. The smallest absolute Gasteiger partial charge is 0.267 e. The van der Waals surface area contributed by atoms with Crippen molar-refractivity contribution in [1.29, 1.82) is 0 Å². The number of rotatable bonds is 5. The van der Waals surface area contributed by atoms with Crippen molar-refractivity contribution in [1.82, 2.24) is 24.0 Å². The lowest BCUT2D eigenvalue weighted by molar-refractivity contribution is 0.0743. The van der Waals surface area contributed by atoms with Crippen LogP contribution in [0.25, 0.3) is 0 Å². The Balaban J connectivity index is 1.32. The van der Waals surface area contributed by atoms with Gasteiger partial charge < -0.3 is 4.90 Å². The van der Waals surface area contributed by atoms with Gasteiger partial charge in [0.1, 0.15) is 0 Å². The molecule has 0 spiro atoms. The Morgan fingerprint density at radius 2 is 2.17 bits per heavy atom. The maximum absolute atomic E-state index is 12.2. The van der Waals surface area contributed by atoms with Crippen molar-refractivity contribution in [2.24, 2.45) is 5.92 Å². The molecule has 0 saturated carbocycles. The molecule has 2 aromatic rings. The molecular formula is C16H22N6OS. The molecule has 2 aliphatic rings. The first kappa shape index (κ1) is 15.7. The van der Waals surface area contributed by atoms with Gasteiger partial charge in [-0.15, -0.1) is 0 Å². The van der Waals surface area contributed by atoms with Crippen LogP contribution in [-0.2, 0) is 25.9 Å². The lowest BCUT2D eigenvalue weighted by Gasteiger charge is -2.38. The molecule has 4 rings (SSSR count). The first-order valence-electron chi connectivity index (χ1n) is 8.40. The van der Waals surface area contributed by atoms with E-state index in [1.54, 1.807) is 10.7 Å². The molecule has 1 saturated heterocycles. The quantitative estimate of drug-likeness (QED) is 0.797. The molecule has 128 valence electrons. The minimum Gasteiger partial charge on any atom is -0.353 e. The van der Waals surface area contributed by atoms with E-state index < -0.39 is 0 Å². The van der Waals surface area contributed by atoms with Gasteiger partial charge in [-0.05, 0) is 24.8 Å². The van der Waals surface area contributed by atoms with Crippen LogP contribution in [-0.4, -0.2) is 51.2 Å². The maximum Gasteiger partial charge on any atom is 0.267 e. The molecular weight excluding hydrogens is 324 g/mol. The molecule has 0 N–H and O–H groups in total. The Bertz CT molecular complexity index is 792. The molecule has 7 nitrogen and oxygen atoms in total. The van der Waals surface area contributed by atoms with Gasteiger partial charge in [0.25, 0.3) is 5.56 Å². The van der Waals surface area contributed by atoms with Crippen molar-refractivity contribution in [3.05, 3.63) is 33.5 Å². The summed E-state index contributed by atoms with van der Waals surface area (Å²) >= 11 is 1.43. The van der Waals surface area contributed by atoms with Gasteiger partial charge in [0.05, 0.1) is 18.8 Å². The first-order valence-corrected chi connectivity index (χ1v) is 9.18. The molecule has 1 aliphatic carbocycles. The van der Waals surface area contributed by atoms with Crippen molar-refractivity contribution in [3.8, 4) is 0 Å². The van der Waals surface area contributed by atoms with E-state index in [-0.39, 0.29) is 5.56 Å². The Morgan fingerprint density at radius 1 is 1.33 bits per heavy atom. The molecule has 24 heavy (non-hydrogen) atoms. The molecule has 1 aliphatic heterocycles. The van der Waals surface area contributed by atoms with Gasteiger partial charge in [0, 0.05) is 50.7 Å². The number of anilines is 1. The number of aryl methyl sites for hydroxylation is 2. The predicted molar refractivity (Wildman–Crippen MR) is 93.5 cm³/mol. The zero-order chi connectivity index (χ0) is 16.7. The summed E-state index contributed by atoms with van der Waals surface area (Å²) in [5.74, 6) is 1.37. The third-order valence-electron chi connectivity index (χ3n) is 4.69. The average molecular weight is 346 g/mol. The van der Waals surface area contributed by atoms with Crippen molar-refractivity contribution < 1.29 is 0 Å². The monoisotopic (exact) mass is 346 g/mol. The molecule has 0 aromatic carbocycles. The van der Waals surface area contributed by atoms with Gasteiger partial charge in [0.15, 0.2) is 5.82 Å². The van der Waals surface area contributed by atoms with Crippen LogP contribution >= 0.6 is 11.5 Å². The normalized spacial score (nSPS) is 17.8. The molecule has 0 atom stereocenters. The molecule has 2 aromatic heterocycles. The highest BCUT2D eigenvalue weighted by Gasteiger charge is 2.29. The van der Waals surface area contributed by atoms with E-state index in [1.807, 2.05) is 19.0 Å². The van der Waals surface area contributed by atoms with Crippen LogP contribution in [0.15, 0.2) is 10.9 Å². The highest BCUT2D eigenvalue weighted by Crippen LogP contribution is 2.22. The highest BCUT2D eigenvalue weighted by molar-refractivity contribution is 7.09. The van der Waals surface area contributed by atoms with Crippen molar-refractivity contribution >= 4 is 16.7 Å². The number of hydrogen-bond acceptors (Lipinski definition) is 7. The average Bonchev–Trinajstić information content (AvgIpc) is 3.13. The van der Waals surface area contributed by atoms with Crippen LogP contribution in [0.1, 0.15) is 23.5 Å². The predicted octanol–water partition coefficient (Wildman–Crippen LogP) is 0.781. The van der Waals surface area contributed by atoms with Gasteiger partial charge in [-0.25, -0.2) is 9.67 Å². The Kier molecular flexibility index (Phi) is 4.09. The van der Waals surface area contributed by atoms with Gasteiger partial charge in [0.2, 0.25) is 5.13 Å². The van der Waals surface area contributed by atoms with E-state index in [4.69, 9.17) is 0 Å². The van der Waals surface area contributed by atoms with Crippen LogP contribution in [0, 0.1) is 5.92 Å². The summed E-state index contributed by atoms with van der Waals surface area (Å²) in [4.78, 5) is 21.0. The van der Waals surface area contributed by atoms with E-state index in [2.05, 4.69) is 19.4 Å². The largest absolute Gasteiger partial charge is 0.353 e. The van der Waals surface area contributed by atoms with Gasteiger partial charge in [-0.3, -0.25) is 9.69 Å². The summed E-state index contributed by atoms with van der Waals surface area (Å²) in [6.45, 7) is 3.45. The minimum atomic E-state index is 0.0471. The fraction of sp³-hybridized carbons (Fsp3) is 0.625. The van der Waals surface area contributed by atoms with Gasteiger partial charge in [-0.1, -0.05) is 0 Å². The summed E-state index contributed by atoms with van der Waals surface area (Å²) in [6.07, 6.45) is 3.14. The Hall–Kier alpha value is -1.80. The summed E-state index contributed by atoms with van der Waals surface area (Å²) < 4.78 is 6.07. The Morgan fingerprint density at radius 3 is 2.92 bits per heavy atom. The van der Waals surface area contributed by atoms with Crippen LogP contribution in [0.4, 0.5) is 5.13 Å². The van der Waals surface area contributed by atoms with Crippen LogP contribution in [0.2, 0.25) is 0 Å². The maximum atomic E-state index is 12.2. The second-order valence-electron chi connectivity index (χ2n) is 6.94. The lowest BCUT2D eigenvalue weighted by atomic mass is 10.0. The van der Waals surface area contributed by atoms with Crippen LogP contribution in [0.5, 0.6) is 0 Å². The van der Waals surface area contributed by atoms with Crippen LogP contribution in [0.3, 0.4) is 0 Å². The number of fused-ring (bicyclic) bond motifs is 1. The molecule has 0 unspecified atom stereocenters. The Labute approximate surface area is 145 Å².